The van der Waals surface area contributed by atoms with Crippen LogP contribution in [0.4, 0.5) is 0 Å². The van der Waals surface area contributed by atoms with Crippen LogP contribution in [0.25, 0.3) is 11.3 Å². The Labute approximate surface area is 149 Å². The van der Waals surface area contributed by atoms with Crippen molar-refractivity contribution in [3.05, 3.63) is 82.2 Å². The van der Waals surface area contributed by atoms with Crippen molar-refractivity contribution in [2.45, 2.75) is 0 Å². The molecule has 0 aliphatic heterocycles. The predicted molar refractivity (Wildman–Crippen MR) is 101 cm³/mol. The van der Waals surface area contributed by atoms with Crippen molar-refractivity contribution >= 4 is 29.2 Å². The van der Waals surface area contributed by atoms with E-state index in [1.165, 1.54) is 11.3 Å². The minimum absolute atomic E-state index is 0.541. The van der Waals surface area contributed by atoms with Gasteiger partial charge in [0.2, 0.25) is 4.80 Å². The van der Waals surface area contributed by atoms with Gasteiger partial charge in [-0.3, -0.25) is 9.98 Å². The van der Waals surface area contributed by atoms with Crippen molar-refractivity contribution in [2.75, 3.05) is 6.54 Å². The average molecular weight is 355 g/mol. The van der Waals surface area contributed by atoms with Gasteiger partial charge in [0.1, 0.15) is 0 Å². The fourth-order valence-electron chi connectivity index (χ4n) is 2.05. The highest BCUT2D eigenvalue weighted by Crippen LogP contribution is 2.22. The molecule has 2 aromatic heterocycles. The Morgan fingerprint density at radius 3 is 2.75 bits per heavy atom. The van der Waals surface area contributed by atoms with E-state index in [9.17, 15) is 0 Å². The lowest BCUT2D eigenvalue weighted by molar-refractivity contribution is 0.839. The molecule has 0 aliphatic carbocycles. The topological polar surface area (TPSA) is 42.5 Å². The van der Waals surface area contributed by atoms with E-state index in [0.717, 1.165) is 21.8 Å². The molecule has 0 unspecified atom stereocenters. The van der Waals surface area contributed by atoms with Crippen LogP contribution in [0.5, 0.6) is 0 Å². The smallest absolute Gasteiger partial charge is 0.206 e. The molecule has 0 saturated heterocycles. The Morgan fingerprint density at radius 1 is 1.21 bits per heavy atom. The van der Waals surface area contributed by atoms with E-state index < -0.39 is 0 Å². The van der Waals surface area contributed by atoms with Gasteiger partial charge < -0.3 is 0 Å². The summed E-state index contributed by atoms with van der Waals surface area (Å²) in [5.41, 5.74) is 2.76. The van der Waals surface area contributed by atoms with Gasteiger partial charge in [0.25, 0.3) is 0 Å². The fourth-order valence-corrected chi connectivity index (χ4v) is 3.02. The molecule has 0 amide bonds. The molecule has 3 rings (SSSR count). The molecule has 0 bridgehead atoms. The molecule has 6 heteroatoms. The highest BCUT2D eigenvalue weighted by Gasteiger charge is 2.07. The highest BCUT2D eigenvalue weighted by molar-refractivity contribution is 7.07. The van der Waals surface area contributed by atoms with Gasteiger partial charge in [0.05, 0.1) is 24.1 Å². The molecule has 4 nitrogen and oxygen atoms in total. The zero-order chi connectivity index (χ0) is 16.8. The number of nitrogens with zero attached hydrogens (tertiary/aromatic N) is 4. The highest BCUT2D eigenvalue weighted by atomic mass is 35.5. The van der Waals surface area contributed by atoms with Gasteiger partial charge in [-0.05, 0) is 24.3 Å². The number of rotatable bonds is 5. The molecule has 0 N–H and O–H groups in total. The lowest BCUT2D eigenvalue weighted by Gasteiger charge is -2.03. The van der Waals surface area contributed by atoms with Crippen LogP contribution in [-0.2, 0) is 0 Å². The zero-order valence-electron chi connectivity index (χ0n) is 12.8. The van der Waals surface area contributed by atoms with Crippen LogP contribution in [0, 0.1) is 0 Å². The second-order valence-electron chi connectivity index (χ2n) is 4.85. The maximum atomic E-state index is 5.98. The summed E-state index contributed by atoms with van der Waals surface area (Å²) >= 11 is 7.51. The van der Waals surface area contributed by atoms with Gasteiger partial charge >= 0.3 is 0 Å². The van der Waals surface area contributed by atoms with Crippen molar-refractivity contribution in [3.8, 4) is 11.3 Å². The van der Waals surface area contributed by atoms with Gasteiger partial charge in [-0.25, -0.2) is 4.68 Å². The van der Waals surface area contributed by atoms with E-state index in [-0.39, 0.29) is 0 Å². The second kappa shape index (κ2) is 7.86. The standard InChI is InChI=1S/C18H15ClN4S/c1-2-10-21-18-23(22-12-16-5-3-4-11-20-16)17(13-24-18)14-6-8-15(19)9-7-14/h2-9,11-13H,1,10H2. The summed E-state index contributed by atoms with van der Waals surface area (Å²) in [5, 5.41) is 7.30. The number of hydrogen-bond acceptors (Lipinski definition) is 4. The van der Waals surface area contributed by atoms with Gasteiger partial charge in [0.15, 0.2) is 0 Å². The summed E-state index contributed by atoms with van der Waals surface area (Å²) < 4.78 is 1.81. The summed E-state index contributed by atoms with van der Waals surface area (Å²) in [7, 11) is 0. The van der Waals surface area contributed by atoms with E-state index in [1.54, 1.807) is 18.5 Å². The predicted octanol–water partition coefficient (Wildman–Crippen LogP) is 4.23. The lowest BCUT2D eigenvalue weighted by atomic mass is 10.2. The molecule has 0 spiro atoms. The normalized spacial score (nSPS) is 12.0. The molecule has 120 valence electrons. The Bertz CT molecular complexity index is 908. The van der Waals surface area contributed by atoms with Crippen LogP contribution in [0.3, 0.4) is 0 Å². The van der Waals surface area contributed by atoms with Crippen LogP contribution in [-0.4, -0.2) is 22.4 Å². The molecular weight excluding hydrogens is 340 g/mol. The monoisotopic (exact) mass is 354 g/mol. The van der Waals surface area contributed by atoms with E-state index in [4.69, 9.17) is 11.6 Å². The summed E-state index contributed by atoms with van der Waals surface area (Å²) in [5.74, 6) is 0. The van der Waals surface area contributed by atoms with Crippen LogP contribution in [0.15, 0.2) is 76.8 Å². The van der Waals surface area contributed by atoms with E-state index in [2.05, 4.69) is 21.7 Å². The Balaban J connectivity index is 2.06. The Kier molecular flexibility index (Phi) is 5.36. The van der Waals surface area contributed by atoms with Crippen molar-refractivity contribution < 1.29 is 0 Å². The molecule has 24 heavy (non-hydrogen) atoms. The van der Waals surface area contributed by atoms with Gasteiger partial charge in [-0.1, -0.05) is 35.9 Å². The van der Waals surface area contributed by atoms with Crippen molar-refractivity contribution in [1.29, 1.82) is 0 Å². The minimum Gasteiger partial charge on any atom is -0.255 e. The number of aromatic nitrogens is 2. The molecule has 0 aliphatic rings. The first-order valence-electron chi connectivity index (χ1n) is 7.31. The Hall–Kier alpha value is -2.50. The maximum absolute atomic E-state index is 5.98. The number of hydrogen-bond donors (Lipinski definition) is 0. The molecule has 0 fully saturated rings. The summed E-state index contributed by atoms with van der Waals surface area (Å²) in [6.07, 6.45) is 5.22. The van der Waals surface area contributed by atoms with Crippen LogP contribution < -0.4 is 4.80 Å². The van der Waals surface area contributed by atoms with E-state index in [1.807, 2.05) is 52.5 Å². The average Bonchev–Trinajstić information content (AvgIpc) is 3.02. The summed E-state index contributed by atoms with van der Waals surface area (Å²) in [4.78, 5) is 9.56. The fraction of sp³-hybridized carbons (Fsp3) is 0.0556. The first kappa shape index (κ1) is 16.4. The number of halogens is 1. The first-order valence-corrected chi connectivity index (χ1v) is 8.57. The molecule has 1 aromatic carbocycles. The molecule has 0 saturated carbocycles. The van der Waals surface area contributed by atoms with Gasteiger partial charge in [0, 0.05) is 22.2 Å². The van der Waals surface area contributed by atoms with E-state index in [0.29, 0.717) is 11.6 Å². The summed E-state index contributed by atoms with van der Waals surface area (Å²) in [6.45, 7) is 4.25. The quantitative estimate of drug-likeness (QED) is 0.499. The van der Waals surface area contributed by atoms with Crippen LogP contribution in [0.2, 0.25) is 5.02 Å². The van der Waals surface area contributed by atoms with Gasteiger partial charge in [-0.2, -0.15) is 5.10 Å². The largest absolute Gasteiger partial charge is 0.255 e. The first-order chi connectivity index (χ1) is 11.8. The number of benzene rings is 1. The van der Waals surface area contributed by atoms with Crippen molar-refractivity contribution in [1.82, 2.24) is 9.66 Å². The molecular formula is C18H15ClN4S. The number of thiazole rings is 1. The van der Waals surface area contributed by atoms with Crippen LogP contribution in [0.1, 0.15) is 5.69 Å². The van der Waals surface area contributed by atoms with Crippen molar-refractivity contribution in [2.24, 2.45) is 10.1 Å². The zero-order valence-corrected chi connectivity index (χ0v) is 14.4. The minimum atomic E-state index is 0.541. The maximum Gasteiger partial charge on any atom is 0.206 e. The third-order valence-electron chi connectivity index (χ3n) is 3.17. The third kappa shape index (κ3) is 3.88. The molecule has 2 heterocycles. The van der Waals surface area contributed by atoms with E-state index >= 15 is 0 Å². The number of pyridine rings is 1. The molecule has 0 radical (unpaired) electrons. The second-order valence-corrected chi connectivity index (χ2v) is 6.12. The lowest BCUT2D eigenvalue weighted by Crippen LogP contribution is -2.12. The van der Waals surface area contributed by atoms with Crippen LogP contribution >= 0.6 is 22.9 Å². The SMILES string of the molecule is C=CCN=c1scc(-c2ccc(Cl)cc2)n1N=Cc1ccccn1. The third-order valence-corrected chi connectivity index (χ3v) is 4.28. The van der Waals surface area contributed by atoms with Gasteiger partial charge in [-0.15, -0.1) is 17.9 Å². The summed E-state index contributed by atoms with van der Waals surface area (Å²) in [6, 6.07) is 13.4. The van der Waals surface area contributed by atoms with Crippen molar-refractivity contribution in [3.63, 3.8) is 0 Å². The molecule has 3 aromatic rings. The Morgan fingerprint density at radius 2 is 2.04 bits per heavy atom. The molecule has 0 atom stereocenters.